The highest BCUT2D eigenvalue weighted by molar-refractivity contribution is 5.84. The first kappa shape index (κ1) is 16.5. The van der Waals surface area contributed by atoms with Crippen LogP contribution in [0.1, 0.15) is 5.56 Å². The predicted octanol–water partition coefficient (Wildman–Crippen LogP) is 0.346. The predicted molar refractivity (Wildman–Crippen MR) is 81.0 cm³/mol. The number of nitrogens with zero attached hydrogens (tertiary/aromatic N) is 4. The van der Waals surface area contributed by atoms with Crippen LogP contribution in [0.4, 0.5) is 17.1 Å². The second kappa shape index (κ2) is 6.12. The van der Waals surface area contributed by atoms with E-state index in [0.29, 0.717) is 0 Å². The highest BCUT2D eigenvalue weighted by atomic mass is 16.6. The lowest BCUT2D eigenvalue weighted by atomic mass is 10.2. The van der Waals surface area contributed by atoms with E-state index in [0.717, 1.165) is 29.0 Å². The van der Waals surface area contributed by atoms with Gasteiger partial charge in [-0.1, -0.05) is 0 Å². The molecule has 0 unspecified atom stereocenters. The number of aromatic nitrogens is 2. The molecule has 124 valence electrons. The lowest BCUT2D eigenvalue weighted by Crippen LogP contribution is -2.30. The normalized spacial score (nSPS) is 10.9. The molecule has 0 radical (unpaired) electrons. The maximum atomic E-state index is 11.6. The Bertz CT molecular complexity index is 988. The summed E-state index contributed by atoms with van der Waals surface area (Å²) in [6.45, 7) is 0. The Morgan fingerprint density at radius 1 is 1.21 bits per heavy atom. The van der Waals surface area contributed by atoms with E-state index in [4.69, 9.17) is 0 Å². The topological polar surface area (TPSA) is 174 Å². The zero-order valence-electron chi connectivity index (χ0n) is 12.0. The fourth-order valence-corrected chi connectivity index (χ4v) is 1.77. The first-order chi connectivity index (χ1) is 11.2. The standard InChI is InChI=1S/C12H9N5O7/c1-15-11(19)7(10(18)14-12(15)20)5-13-6-2-3-8(16(21)22)9(4-6)17(23)24/h2-5,19H,1H3,(H,14,18,20). The molecule has 0 aliphatic heterocycles. The number of H-pyrrole nitrogens is 1. The van der Waals surface area contributed by atoms with Gasteiger partial charge in [-0.25, -0.2) is 4.79 Å². The van der Waals surface area contributed by atoms with Crippen LogP contribution in [0.15, 0.2) is 32.8 Å². The van der Waals surface area contributed by atoms with Gasteiger partial charge in [0.25, 0.3) is 5.56 Å². The fourth-order valence-electron chi connectivity index (χ4n) is 1.77. The molecule has 1 aromatic carbocycles. The molecular weight excluding hydrogens is 326 g/mol. The van der Waals surface area contributed by atoms with Crippen molar-refractivity contribution in [1.29, 1.82) is 0 Å². The monoisotopic (exact) mass is 335 g/mol. The Labute approximate surface area is 131 Å². The van der Waals surface area contributed by atoms with Gasteiger partial charge in [0.15, 0.2) is 0 Å². The van der Waals surface area contributed by atoms with Crippen LogP contribution in [-0.2, 0) is 7.05 Å². The molecule has 0 spiro atoms. The molecule has 24 heavy (non-hydrogen) atoms. The number of aromatic amines is 1. The van der Waals surface area contributed by atoms with Gasteiger partial charge in [0.05, 0.1) is 15.5 Å². The highest BCUT2D eigenvalue weighted by Crippen LogP contribution is 2.30. The Morgan fingerprint density at radius 2 is 1.83 bits per heavy atom. The first-order valence-corrected chi connectivity index (χ1v) is 6.21. The molecule has 12 nitrogen and oxygen atoms in total. The molecule has 0 saturated heterocycles. The summed E-state index contributed by atoms with van der Waals surface area (Å²) in [5, 5.41) is 31.3. The van der Waals surface area contributed by atoms with E-state index in [1.807, 2.05) is 4.98 Å². The van der Waals surface area contributed by atoms with Crippen LogP contribution in [0.25, 0.3) is 0 Å². The molecule has 0 amide bonds. The molecule has 0 fully saturated rings. The summed E-state index contributed by atoms with van der Waals surface area (Å²) in [6.07, 6.45) is 0.887. The minimum atomic E-state index is -0.937. The summed E-state index contributed by atoms with van der Waals surface area (Å²) < 4.78 is 0.765. The van der Waals surface area contributed by atoms with E-state index in [1.165, 1.54) is 7.05 Å². The Balaban J connectivity index is 2.51. The molecule has 1 aromatic heterocycles. The number of hydrogen-bond acceptors (Lipinski definition) is 8. The molecular formula is C12H9N5O7. The van der Waals surface area contributed by atoms with Gasteiger partial charge in [-0.3, -0.25) is 39.6 Å². The maximum absolute atomic E-state index is 11.6. The number of aliphatic imine (C=N–C) groups is 1. The second-order valence-electron chi connectivity index (χ2n) is 4.50. The number of nitro benzene ring substituents is 2. The van der Waals surface area contributed by atoms with Crippen molar-refractivity contribution in [3.63, 3.8) is 0 Å². The van der Waals surface area contributed by atoms with Gasteiger partial charge in [0.2, 0.25) is 5.88 Å². The Morgan fingerprint density at radius 3 is 2.42 bits per heavy atom. The molecule has 0 atom stereocenters. The van der Waals surface area contributed by atoms with Gasteiger partial charge in [-0.05, 0) is 6.07 Å². The molecule has 0 aliphatic carbocycles. The molecule has 1 heterocycles. The highest BCUT2D eigenvalue weighted by Gasteiger charge is 2.24. The van der Waals surface area contributed by atoms with Gasteiger partial charge < -0.3 is 5.11 Å². The van der Waals surface area contributed by atoms with Crippen molar-refractivity contribution in [3.8, 4) is 5.88 Å². The van der Waals surface area contributed by atoms with E-state index in [1.54, 1.807) is 0 Å². The van der Waals surface area contributed by atoms with E-state index < -0.39 is 38.4 Å². The average Bonchev–Trinajstić information content (AvgIpc) is 2.52. The number of benzene rings is 1. The molecule has 12 heteroatoms. The van der Waals surface area contributed by atoms with Gasteiger partial charge in [0, 0.05) is 25.4 Å². The first-order valence-electron chi connectivity index (χ1n) is 6.21. The smallest absolute Gasteiger partial charge is 0.348 e. The van der Waals surface area contributed by atoms with Crippen molar-refractivity contribution in [2.45, 2.75) is 0 Å². The van der Waals surface area contributed by atoms with Crippen molar-refractivity contribution in [1.82, 2.24) is 9.55 Å². The summed E-state index contributed by atoms with van der Waals surface area (Å²) in [7, 11) is 1.21. The number of nitro groups is 2. The van der Waals surface area contributed by atoms with Gasteiger partial charge >= 0.3 is 17.1 Å². The van der Waals surface area contributed by atoms with Gasteiger partial charge in [-0.2, -0.15) is 0 Å². The largest absolute Gasteiger partial charge is 0.494 e. The van der Waals surface area contributed by atoms with Crippen molar-refractivity contribution in [3.05, 3.63) is 64.8 Å². The Kier molecular flexibility index (Phi) is 4.21. The third-order valence-corrected chi connectivity index (χ3v) is 3.02. The van der Waals surface area contributed by atoms with Crippen molar-refractivity contribution in [2.75, 3.05) is 0 Å². The number of hydrogen-bond donors (Lipinski definition) is 2. The number of nitrogens with one attached hydrogen (secondary N) is 1. The van der Waals surface area contributed by atoms with E-state index in [9.17, 15) is 34.9 Å². The minimum Gasteiger partial charge on any atom is -0.494 e. The minimum absolute atomic E-state index is 0.0556. The summed E-state index contributed by atoms with van der Waals surface area (Å²) in [6, 6.07) is 2.88. The van der Waals surface area contributed by atoms with E-state index in [2.05, 4.69) is 4.99 Å². The summed E-state index contributed by atoms with van der Waals surface area (Å²) in [5.74, 6) is -0.649. The lowest BCUT2D eigenvalue weighted by Gasteiger charge is -2.03. The fraction of sp³-hybridized carbons (Fsp3) is 0.0833. The molecule has 2 N–H and O–H groups in total. The van der Waals surface area contributed by atoms with Crippen LogP contribution in [0.3, 0.4) is 0 Å². The maximum Gasteiger partial charge on any atom is 0.348 e. The van der Waals surface area contributed by atoms with Gasteiger partial charge in [0.1, 0.15) is 5.56 Å². The SMILES string of the molecule is Cn1c(O)c(C=Nc2ccc([N+](=O)[O-])c([N+](=O)[O-])c2)c(=O)[nH]c1=O. The quantitative estimate of drug-likeness (QED) is 0.460. The van der Waals surface area contributed by atoms with Crippen LogP contribution in [0.5, 0.6) is 5.88 Å². The third kappa shape index (κ3) is 3.01. The molecule has 2 aromatic rings. The third-order valence-electron chi connectivity index (χ3n) is 3.02. The molecule has 0 bridgehead atoms. The average molecular weight is 335 g/mol. The van der Waals surface area contributed by atoms with Crippen molar-refractivity contribution >= 4 is 23.3 Å². The molecule has 2 rings (SSSR count). The summed E-state index contributed by atoms with van der Waals surface area (Å²) in [4.78, 5) is 48.4. The Hall–Kier alpha value is -3.83. The van der Waals surface area contributed by atoms with Crippen LogP contribution in [0.2, 0.25) is 0 Å². The lowest BCUT2D eigenvalue weighted by molar-refractivity contribution is -0.422. The van der Waals surface area contributed by atoms with E-state index >= 15 is 0 Å². The van der Waals surface area contributed by atoms with Crippen LogP contribution >= 0.6 is 0 Å². The van der Waals surface area contributed by atoms with Crippen LogP contribution in [0, 0.1) is 20.2 Å². The summed E-state index contributed by atoms with van der Waals surface area (Å²) in [5.41, 5.74) is -3.62. The number of aromatic hydroxyl groups is 1. The van der Waals surface area contributed by atoms with Crippen molar-refractivity contribution in [2.24, 2.45) is 12.0 Å². The zero-order valence-corrected chi connectivity index (χ0v) is 12.0. The molecule has 0 saturated carbocycles. The summed E-state index contributed by atoms with van der Waals surface area (Å²) >= 11 is 0. The second-order valence-corrected chi connectivity index (χ2v) is 4.50. The zero-order chi connectivity index (χ0) is 18.0. The van der Waals surface area contributed by atoms with E-state index in [-0.39, 0.29) is 11.3 Å². The molecule has 0 aliphatic rings. The van der Waals surface area contributed by atoms with Crippen LogP contribution < -0.4 is 11.2 Å². The van der Waals surface area contributed by atoms with Gasteiger partial charge in [-0.15, -0.1) is 0 Å². The number of rotatable bonds is 4. The van der Waals surface area contributed by atoms with Crippen LogP contribution in [-0.4, -0.2) is 30.7 Å². The van der Waals surface area contributed by atoms with Crippen molar-refractivity contribution < 1.29 is 15.0 Å².